The van der Waals surface area contributed by atoms with Gasteiger partial charge in [-0.15, -0.1) is 0 Å². The zero-order valence-electron chi connectivity index (χ0n) is 9.54. The van der Waals surface area contributed by atoms with Crippen LogP contribution in [0, 0.1) is 5.92 Å². The monoisotopic (exact) mass is 283 g/mol. The van der Waals surface area contributed by atoms with Crippen molar-refractivity contribution in [2.24, 2.45) is 5.92 Å². The van der Waals surface area contributed by atoms with Gasteiger partial charge in [0, 0.05) is 21.8 Å². The van der Waals surface area contributed by atoms with Crippen LogP contribution in [-0.4, -0.2) is 11.1 Å². The Balaban J connectivity index is 2.04. The Morgan fingerprint density at radius 2 is 2.25 bits per heavy atom. The standard InChI is InChI=1S/C13H18BrNO/c1-9(7-10-5-6-10)15-13-4-2-3-12(14)11(13)8-16/h2-4,9-10,15-16H,5-8H2,1H3. The summed E-state index contributed by atoms with van der Waals surface area (Å²) < 4.78 is 0.971. The number of anilines is 1. The van der Waals surface area contributed by atoms with Gasteiger partial charge in [-0.25, -0.2) is 0 Å². The summed E-state index contributed by atoms with van der Waals surface area (Å²) in [6, 6.07) is 6.46. The van der Waals surface area contributed by atoms with Crippen LogP contribution in [-0.2, 0) is 6.61 Å². The maximum absolute atomic E-state index is 9.34. The van der Waals surface area contributed by atoms with E-state index >= 15 is 0 Å². The summed E-state index contributed by atoms with van der Waals surface area (Å²) in [5, 5.41) is 12.8. The molecule has 1 atom stereocenters. The van der Waals surface area contributed by atoms with Crippen molar-refractivity contribution in [3.63, 3.8) is 0 Å². The summed E-state index contributed by atoms with van der Waals surface area (Å²) >= 11 is 3.46. The van der Waals surface area contributed by atoms with Gasteiger partial charge in [0.05, 0.1) is 6.61 Å². The number of aliphatic hydroxyl groups excluding tert-OH is 1. The van der Waals surface area contributed by atoms with E-state index < -0.39 is 0 Å². The van der Waals surface area contributed by atoms with Crippen LogP contribution in [0.25, 0.3) is 0 Å². The SMILES string of the molecule is CC(CC1CC1)Nc1cccc(Br)c1CO. The summed E-state index contributed by atoms with van der Waals surface area (Å²) in [5.74, 6) is 0.923. The van der Waals surface area contributed by atoms with E-state index in [-0.39, 0.29) is 6.61 Å². The molecule has 88 valence electrons. The van der Waals surface area contributed by atoms with Crippen LogP contribution in [0.1, 0.15) is 31.7 Å². The topological polar surface area (TPSA) is 32.3 Å². The maximum Gasteiger partial charge on any atom is 0.0713 e. The molecular formula is C13H18BrNO. The zero-order chi connectivity index (χ0) is 11.5. The summed E-state index contributed by atoms with van der Waals surface area (Å²) in [4.78, 5) is 0. The molecule has 1 aromatic carbocycles. The second-order valence-corrected chi connectivity index (χ2v) is 5.50. The lowest BCUT2D eigenvalue weighted by Crippen LogP contribution is -2.17. The first-order valence-corrected chi connectivity index (χ1v) is 6.64. The van der Waals surface area contributed by atoms with Crippen LogP contribution in [0.15, 0.2) is 22.7 Å². The van der Waals surface area contributed by atoms with Gasteiger partial charge in [-0.05, 0) is 31.4 Å². The lowest BCUT2D eigenvalue weighted by molar-refractivity contribution is 0.281. The third kappa shape index (κ3) is 2.98. The smallest absolute Gasteiger partial charge is 0.0713 e. The molecule has 1 saturated carbocycles. The fourth-order valence-corrected chi connectivity index (χ4v) is 2.52. The molecule has 0 aromatic heterocycles. The molecule has 1 aliphatic rings. The van der Waals surface area contributed by atoms with Crippen molar-refractivity contribution < 1.29 is 5.11 Å². The number of hydrogen-bond donors (Lipinski definition) is 2. The predicted octanol–water partition coefficient (Wildman–Crippen LogP) is 3.54. The fourth-order valence-electron chi connectivity index (χ4n) is 2.03. The number of aliphatic hydroxyl groups is 1. The average Bonchev–Trinajstić information content (AvgIpc) is 3.02. The fraction of sp³-hybridized carbons (Fsp3) is 0.538. The molecule has 2 N–H and O–H groups in total. The van der Waals surface area contributed by atoms with E-state index in [9.17, 15) is 5.11 Å². The minimum Gasteiger partial charge on any atom is -0.392 e. The van der Waals surface area contributed by atoms with Crippen molar-refractivity contribution in [3.8, 4) is 0 Å². The quantitative estimate of drug-likeness (QED) is 0.866. The molecule has 16 heavy (non-hydrogen) atoms. The van der Waals surface area contributed by atoms with Crippen molar-refractivity contribution in [1.82, 2.24) is 0 Å². The average molecular weight is 284 g/mol. The van der Waals surface area contributed by atoms with Gasteiger partial charge < -0.3 is 10.4 Å². The van der Waals surface area contributed by atoms with E-state index in [1.807, 2.05) is 18.2 Å². The molecule has 0 spiro atoms. The highest BCUT2D eigenvalue weighted by Crippen LogP contribution is 2.34. The lowest BCUT2D eigenvalue weighted by atomic mass is 10.1. The first-order chi connectivity index (χ1) is 7.70. The summed E-state index contributed by atoms with van der Waals surface area (Å²) in [5.41, 5.74) is 2.00. The highest BCUT2D eigenvalue weighted by Gasteiger charge is 2.23. The predicted molar refractivity (Wildman–Crippen MR) is 70.5 cm³/mol. The van der Waals surface area contributed by atoms with Crippen LogP contribution < -0.4 is 5.32 Å². The van der Waals surface area contributed by atoms with Crippen LogP contribution in [0.3, 0.4) is 0 Å². The molecule has 1 unspecified atom stereocenters. The molecule has 0 radical (unpaired) electrons. The number of halogens is 1. The third-order valence-electron chi connectivity index (χ3n) is 3.06. The Morgan fingerprint density at radius 1 is 1.50 bits per heavy atom. The van der Waals surface area contributed by atoms with Gasteiger partial charge >= 0.3 is 0 Å². The van der Waals surface area contributed by atoms with Gasteiger partial charge in [-0.3, -0.25) is 0 Å². The van der Waals surface area contributed by atoms with Gasteiger partial charge in [-0.2, -0.15) is 0 Å². The Bertz CT molecular complexity index is 363. The molecule has 2 nitrogen and oxygen atoms in total. The summed E-state index contributed by atoms with van der Waals surface area (Å²) in [7, 11) is 0. The highest BCUT2D eigenvalue weighted by molar-refractivity contribution is 9.10. The second-order valence-electron chi connectivity index (χ2n) is 4.65. The molecule has 2 rings (SSSR count). The Morgan fingerprint density at radius 3 is 2.88 bits per heavy atom. The third-order valence-corrected chi connectivity index (χ3v) is 3.81. The molecule has 1 aromatic rings. The molecule has 0 heterocycles. The van der Waals surface area contributed by atoms with E-state index in [4.69, 9.17) is 0 Å². The van der Waals surface area contributed by atoms with Crippen molar-refractivity contribution in [2.45, 2.75) is 38.8 Å². The number of hydrogen-bond acceptors (Lipinski definition) is 2. The van der Waals surface area contributed by atoms with Crippen molar-refractivity contribution in [3.05, 3.63) is 28.2 Å². The zero-order valence-corrected chi connectivity index (χ0v) is 11.1. The van der Waals surface area contributed by atoms with Crippen molar-refractivity contribution in [2.75, 3.05) is 5.32 Å². The number of rotatable bonds is 5. The molecular weight excluding hydrogens is 266 g/mol. The molecule has 1 fully saturated rings. The Kier molecular flexibility index (Phi) is 3.87. The lowest BCUT2D eigenvalue weighted by Gasteiger charge is -2.18. The highest BCUT2D eigenvalue weighted by atomic mass is 79.9. The molecule has 3 heteroatoms. The molecule has 0 bridgehead atoms. The normalized spacial score (nSPS) is 17.2. The van der Waals surface area contributed by atoms with Crippen molar-refractivity contribution in [1.29, 1.82) is 0 Å². The van der Waals surface area contributed by atoms with Gasteiger partial charge in [0.15, 0.2) is 0 Å². The van der Waals surface area contributed by atoms with Gasteiger partial charge in [-0.1, -0.05) is 34.8 Å². The van der Waals surface area contributed by atoms with Crippen LogP contribution >= 0.6 is 15.9 Å². The molecule has 0 aliphatic heterocycles. The second kappa shape index (κ2) is 5.19. The largest absolute Gasteiger partial charge is 0.392 e. The molecule has 1 aliphatic carbocycles. The minimum atomic E-state index is 0.0694. The van der Waals surface area contributed by atoms with Gasteiger partial charge in [0.1, 0.15) is 0 Å². The van der Waals surface area contributed by atoms with Crippen molar-refractivity contribution >= 4 is 21.6 Å². The summed E-state index contributed by atoms with van der Waals surface area (Å²) in [6.45, 7) is 2.28. The van der Waals surface area contributed by atoms with E-state index in [1.165, 1.54) is 19.3 Å². The Hall–Kier alpha value is -0.540. The van der Waals surface area contributed by atoms with Gasteiger partial charge in [0.25, 0.3) is 0 Å². The van der Waals surface area contributed by atoms with E-state index in [0.29, 0.717) is 6.04 Å². The summed E-state index contributed by atoms with van der Waals surface area (Å²) in [6.07, 6.45) is 4.01. The van der Waals surface area contributed by atoms with E-state index in [2.05, 4.69) is 28.2 Å². The molecule has 0 amide bonds. The van der Waals surface area contributed by atoms with E-state index in [0.717, 1.165) is 21.6 Å². The first-order valence-electron chi connectivity index (χ1n) is 5.85. The van der Waals surface area contributed by atoms with Crippen LogP contribution in [0.2, 0.25) is 0 Å². The van der Waals surface area contributed by atoms with Crippen LogP contribution in [0.5, 0.6) is 0 Å². The Labute approximate surface area is 105 Å². The van der Waals surface area contributed by atoms with Crippen LogP contribution in [0.4, 0.5) is 5.69 Å². The molecule has 0 saturated heterocycles. The number of nitrogens with one attached hydrogen (secondary N) is 1. The van der Waals surface area contributed by atoms with Gasteiger partial charge in [0.2, 0.25) is 0 Å². The minimum absolute atomic E-state index is 0.0694. The first kappa shape index (κ1) is 11.9. The van der Waals surface area contributed by atoms with E-state index in [1.54, 1.807) is 0 Å². The maximum atomic E-state index is 9.34. The number of benzene rings is 1.